The average molecular weight is 364 g/mol. The molecule has 0 N–H and O–H groups in total. The molecule has 1 heterocycles. The van der Waals surface area contributed by atoms with Crippen LogP contribution in [0, 0.1) is 0 Å². The van der Waals surface area contributed by atoms with E-state index < -0.39 is 11.9 Å². The summed E-state index contributed by atoms with van der Waals surface area (Å²) in [5, 5.41) is 0. The Labute approximate surface area is 155 Å². The Kier molecular flexibility index (Phi) is 5.47. The first-order chi connectivity index (χ1) is 13.1. The first-order valence-electron chi connectivity index (χ1n) is 8.13. The molecule has 136 valence electrons. The number of ether oxygens (including phenoxy) is 2. The smallest absolute Gasteiger partial charge is 0.373 e. The van der Waals surface area contributed by atoms with Gasteiger partial charge in [-0.1, -0.05) is 48.5 Å². The van der Waals surface area contributed by atoms with Crippen molar-refractivity contribution in [3.63, 3.8) is 0 Å². The molecule has 0 atom stereocenters. The van der Waals surface area contributed by atoms with Crippen molar-refractivity contribution in [3.8, 4) is 0 Å². The summed E-state index contributed by atoms with van der Waals surface area (Å²) in [5.74, 6) is -1.25. The molecule has 6 heteroatoms. The topological polar surface area (TPSA) is 82.8 Å². The quantitative estimate of drug-likeness (QED) is 0.490. The van der Waals surface area contributed by atoms with Crippen LogP contribution in [0.5, 0.6) is 0 Å². The molecule has 0 bridgehead atoms. The molecule has 3 aromatic rings. The van der Waals surface area contributed by atoms with Gasteiger partial charge in [0.2, 0.25) is 5.76 Å². The Morgan fingerprint density at radius 3 is 2.19 bits per heavy atom. The van der Waals surface area contributed by atoms with Crippen LogP contribution in [0.3, 0.4) is 0 Å². The third-order valence-electron chi connectivity index (χ3n) is 3.82. The first kappa shape index (κ1) is 18.1. The van der Waals surface area contributed by atoms with Gasteiger partial charge in [-0.3, -0.25) is 4.79 Å². The fourth-order valence-corrected chi connectivity index (χ4v) is 2.48. The van der Waals surface area contributed by atoms with Crippen molar-refractivity contribution in [2.24, 2.45) is 0 Å². The minimum Gasteiger partial charge on any atom is -0.463 e. The summed E-state index contributed by atoms with van der Waals surface area (Å²) in [4.78, 5) is 36.5. The zero-order valence-electron chi connectivity index (χ0n) is 14.5. The van der Waals surface area contributed by atoms with E-state index in [9.17, 15) is 14.4 Å². The van der Waals surface area contributed by atoms with Gasteiger partial charge in [0.1, 0.15) is 12.4 Å². The molecule has 0 unspecified atom stereocenters. The van der Waals surface area contributed by atoms with Crippen molar-refractivity contribution in [1.82, 2.24) is 0 Å². The molecule has 0 saturated heterocycles. The third kappa shape index (κ3) is 4.12. The largest absolute Gasteiger partial charge is 0.463 e. The molecule has 0 radical (unpaired) electrons. The summed E-state index contributed by atoms with van der Waals surface area (Å²) in [5.41, 5.74) is 0.890. The summed E-state index contributed by atoms with van der Waals surface area (Å²) in [6.07, 6.45) is 0. The van der Waals surface area contributed by atoms with E-state index in [0.717, 1.165) is 0 Å². The zero-order chi connectivity index (χ0) is 19.2. The number of carbonyl (C=O) groups excluding carboxylic acids is 3. The van der Waals surface area contributed by atoms with Gasteiger partial charge in [-0.15, -0.1) is 0 Å². The maximum absolute atomic E-state index is 12.7. The fourth-order valence-electron chi connectivity index (χ4n) is 2.48. The minimum absolute atomic E-state index is 0.0169. The van der Waals surface area contributed by atoms with Crippen LogP contribution in [0.15, 0.2) is 71.1 Å². The van der Waals surface area contributed by atoms with Crippen LogP contribution in [0.25, 0.3) is 0 Å². The first-order valence-corrected chi connectivity index (χ1v) is 8.13. The number of hydrogen-bond acceptors (Lipinski definition) is 6. The lowest BCUT2D eigenvalue weighted by atomic mass is 9.98. The second-order valence-electron chi connectivity index (χ2n) is 5.57. The van der Waals surface area contributed by atoms with Crippen LogP contribution in [-0.4, -0.2) is 24.8 Å². The van der Waals surface area contributed by atoms with Crippen molar-refractivity contribution < 1.29 is 28.3 Å². The molecular formula is C21H16O6. The van der Waals surface area contributed by atoms with Gasteiger partial charge in [0.05, 0.1) is 12.7 Å². The third-order valence-corrected chi connectivity index (χ3v) is 3.82. The molecule has 0 aliphatic heterocycles. The summed E-state index contributed by atoms with van der Waals surface area (Å²) in [6, 6.07) is 18.1. The highest BCUT2D eigenvalue weighted by Gasteiger charge is 2.19. The standard InChI is InChI=1S/C21H16O6/c1-25-21(24)18-12-11-15(27-18)13-26-20(23)17-10-6-5-9-16(17)19(22)14-7-3-2-4-8-14/h2-12H,13H2,1H3. The van der Waals surface area contributed by atoms with E-state index in [-0.39, 0.29) is 35.0 Å². The van der Waals surface area contributed by atoms with E-state index in [1.807, 2.05) is 6.07 Å². The summed E-state index contributed by atoms with van der Waals surface area (Å²) in [6.45, 7) is -0.177. The van der Waals surface area contributed by atoms with E-state index in [2.05, 4.69) is 4.74 Å². The SMILES string of the molecule is COC(=O)c1ccc(COC(=O)c2ccccc2C(=O)c2ccccc2)o1. The van der Waals surface area contributed by atoms with Crippen LogP contribution in [-0.2, 0) is 16.1 Å². The predicted octanol–water partition coefficient (Wildman–Crippen LogP) is 3.65. The van der Waals surface area contributed by atoms with Gasteiger partial charge in [0.15, 0.2) is 5.78 Å². The number of rotatable bonds is 6. The highest BCUT2D eigenvalue weighted by atomic mass is 16.5. The monoisotopic (exact) mass is 364 g/mol. The Bertz CT molecular complexity index is 971. The van der Waals surface area contributed by atoms with Crippen molar-refractivity contribution in [3.05, 3.63) is 94.9 Å². The van der Waals surface area contributed by atoms with E-state index >= 15 is 0 Å². The molecule has 6 nitrogen and oxygen atoms in total. The van der Waals surface area contributed by atoms with Crippen LogP contribution < -0.4 is 0 Å². The van der Waals surface area contributed by atoms with Gasteiger partial charge in [0.25, 0.3) is 0 Å². The van der Waals surface area contributed by atoms with Gasteiger partial charge in [-0.2, -0.15) is 0 Å². The Balaban J connectivity index is 1.75. The Morgan fingerprint density at radius 1 is 0.815 bits per heavy atom. The summed E-state index contributed by atoms with van der Waals surface area (Å²) >= 11 is 0. The highest BCUT2D eigenvalue weighted by molar-refractivity contribution is 6.14. The van der Waals surface area contributed by atoms with Crippen molar-refractivity contribution in [2.45, 2.75) is 6.61 Å². The molecule has 1 aromatic heterocycles. The van der Waals surface area contributed by atoms with Crippen molar-refractivity contribution in [1.29, 1.82) is 0 Å². The second-order valence-corrected chi connectivity index (χ2v) is 5.57. The van der Waals surface area contributed by atoms with Crippen molar-refractivity contribution >= 4 is 17.7 Å². The molecular weight excluding hydrogens is 348 g/mol. The van der Waals surface area contributed by atoms with Crippen LogP contribution in [0.4, 0.5) is 0 Å². The van der Waals surface area contributed by atoms with Gasteiger partial charge < -0.3 is 13.9 Å². The van der Waals surface area contributed by atoms with E-state index in [4.69, 9.17) is 9.15 Å². The summed E-state index contributed by atoms with van der Waals surface area (Å²) < 4.78 is 15.0. The lowest BCUT2D eigenvalue weighted by Gasteiger charge is -2.08. The molecule has 0 saturated carbocycles. The predicted molar refractivity (Wildman–Crippen MR) is 95.5 cm³/mol. The lowest BCUT2D eigenvalue weighted by Crippen LogP contribution is -2.12. The van der Waals surface area contributed by atoms with Gasteiger partial charge in [-0.05, 0) is 18.2 Å². The van der Waals surface area contributed by atoms with Gasteiger partial charge in [0, 0.05) is 11.1 Å². The number of methoxy groups -OCH3 is 1. The van der Waals surface area contributed by atoms with E-state index in [1.165, 1.54) is 25.3 Å². The molecule has 0 aliphatic rings. The minimum atomic E-state index is -0.661. The number of esters is 2. The summed E-state index contributed by atoms with van der Waals surface area (Å²) in [7, 11) is 1.24. The van der Waals surface area contributed by atoms with E-state index in [0.29, 0.717) is 5.56 Å². The maximum atomic E-state index is 12.7. The Hall–Kier alpha value is -3.67. The van der Waals surface area contributed by atoms with Crippen molar-refractivity contribution in [2.75, 3.05) is 7.11 Å². The number of carbonyl (C=O) groups is 3. The maximum Gasteiger partial charge on any atom is 0.373 e. The molecule has 27 heavy (non-hydrogen) atoms. The number of benzene rings is 2. The second kappa shape index (κ2) is 8.14. The molecule has 0 aliphatic carbocycles. The zero-order valence-corrected chi connectivity index (χ0v) is 14.5. The van der Waals surface area contributed by atoms with E-state index in [1.54, 1.807) is 42.5 Å². The van der Waals surface area contributed by atoms with Gasteiger partial charge >= 0.3 is 11.9 Å². The number of furan rings is 1. The fraction of sp³-hybridized carbons (Fsp3) is 0.0952. The van der Waals surface area contributed by atoms with Crippen LogP contribution >= 0.6 is 0 Å². The van der Waals surface area contributed by atoms with Gasteiger partial charge in [-0.25, -0.2) is 9.59 Å². The normalized spacial score (nSPS) is 10.3. The molecule has 0 spiro atoms. The molecule has 0 amide bonds. The molecule has 2 aromatic carbocycles. The molecule has 0 fully saturated rings. The number of ketones is 1. The van der Waals surface area contributed by atoms with Crippen LogP contribution in [0.1, 0.15) is 42.6 Å². The lowest BCUT2D eigenvalue weighted by molar-refractivity contribution is 0.0436. The Morgan fingerprint density at radius 2 is 1.48 bits per heavy atom. The highest BCUT2D eigenvalue weighted by Crippen LogP contribution is 2.17. The average Bonchev–Trinajstić information content (AvgIpc) is 3.20. The number of hydrogen-bond donors (Lipinski definition) is 0. The van der Waals surface area contributed by atoms with Crippen LogP contribution in [0.2, 0.25) is 0 Å². The molecule has 3 rings (SSSR count).